The molecule has 0 saturated heterocycles. The van der Waals surface area contributed by atoms with Crippen LogP contribution < -0.4 is 5.32 Å². The minimum atomic E-state index is -0.124. The molecule has 1 aromatic rings. The van der Waals surface area contributed by atoms with Crippen molar-refractivity contribution < 1.29 is 4.79 Å². The van der Waals surface area contributed by atoms with Gasteiger partial charge in [0.05, 0.1) is 0 Å². The van der Waals surface area contributed by atoms with Gasteiger partial charge in [-0.25, -0.2) is 0 Å². The normalized spacial score (nSPS) is 45.0. The maximum atomic E-state index is 12.6. The number of carbonyl (C=O) groups is 1. The Morgan fingerprint density at radius 2 is 1.92 bits per heavy atom. The average Bonchev–Trinajstić information content (AvgIpc) is 3.08. The van der Waals surface area contributed by atoms with Crippen molar-refractivity contribution in [1.29, 1.82) is 0 Å². The molecule has 0 spiro atoms. The number of Topliss-reactive ketones (excluding diaryl/α,β-unsaturated/α-hetero) is 1. The fraction of sp³-hybridized carbons (Fsp3) is 0.682. The van der Waals surface area contributed by atoms with Crippen molar-refractivity contribution in [3.63, 3.8) is 0 Å². The highest BCUT2D eigenvalue weighted by Crippen LogP contribution is 2.67. The van der Waals surface area contributed by atoms with E-state index in [1.165, 1.54) is 24.9 Å². The van der Waals surface area contributed by atoms with E-state index in [2.05, 4.69) is 50.4 Å². The van der Waals surface area contributed by atoms with Gasteiger partial charge in [-0.2, -0.15) is 0 Å². The van der Waals surface area contributed by atoms with Gasteiger partial charge in [-0.05, 0) is 60.5 Å². The predicted molar refractivity (Wildman–Crippen MR) is 97.0 cm³/mol. The van der Waals surface area contributed by atoms with Crippen LogP contribution in [0.3, 0.4) is 0 Å². The first-order valence-corrected chi connectivity index (χ1v) is 9.81. The molecule has 1 aliphatic heterocycles. The Hall–Kier alpha value is -1.31. The lowest BCUT2D eigenvalue weighted by Gasteiger charge is -2.57. The Bertz CT molecular complexity index is 708. The average molecular weight is 323 g/mol. The maximum absolute atomic E-state index is 12.6. The van der Waals surface area contributed by atoms with Crippen LogP contribution in [-0.2, 0) is 4.79 Å². The first-order chi connectivity index (χ1) is 11.4. The Morgan fingerprint density at radius 1 is 1.12 bits per heavy atom. The first kappa shape index (κ1) is 15.0. The fourth-order valence-electron chi connectivity index (χ4n) is 7.39. The van der Waals surface area contributed by atoms with Gasteiger partial charge in [0.2, 0.25) is 0 Å². The smallest absolute Gasteiger partial charge is 0.138 e. The van der Waals surface area contributed by atoms with Gasteiger partial charge >= 0.3 is 0 Å². The van der Waals surface area contributed by atoms with E-state index < -0.39 is 0 Å². The van der Waals surface area contributed by atoms with E-state index in [9.17, 15) is 4.79 Å². The van der Waals surface area contributed by atoms with Gasteiger partial charge in [-0.3, -0.25) is 4.79 Å². The van der Waals surface area contributed by atoms with Crippen LogP contribution in [0.4, 0.5) is 5.69 Å². The molecule has 0 unspecified atom stereocenters. The third kappa shape index (κ3) is 1.70. The van der Waals surface area contributed by atoms with E-state index in [-0.39, 0.29) is 5.41 Å². The zero-order valence-electron chi connectivity index (χ0n) is 15.1. The molecule has 24 heavy (non-hydrogen) atoms. The monoisotopic (exact) mass is 323 g/mol. The quantitative estimate of drug-likeness (QED) is 0.727. The number of hydrogen-bond acceptors (Lipinski definition) is 2. The van der Waals surface area contributed by atoms with Gasteiger partial charge in [0.25, 0.3) is 0 Å². The molecule has 6 atom stereocenters. The first-order valence-electron chi connectivity index (χ1n) is 9.81. The summed E-state index contributed by atoms with van der Waals surface area (Å²) < 4.78 is 0. The molecule has 0 bridgehead atoms. The largest absolute Gasteiger partial charge is 0.381 e. The summed E-state index contributed by atoms with van der Waals surface area (Å²) in [5.41, 5.74) is 3.16. The van der Waals surface area contributed by atoms with Crippen LogP contribution in [0.5, 0.6) is 0 Å². The van der Waals surface area contributed by atoms with Gasteiger partial charge in [-0.15, -0.1) is 0 Å². The number of ketones is 1. The summed E-state index contributed by atoms with van der Waals surface area (Å²) in [6.45, 7) is 6.97. The summed E-state index contributed by atoms with van der Waals surface area (Å²) in [7, 11) is 0. The van der Waals surface area contributed by atoms with Crippen molar-refractivity contribution in [2.45, 2.75) is 64.8 Å². The molecule has 1 aromatic carbocycles. The minimum absolute atomic E-state index is 0.124. The fourth-order valence-corrected chi connectivity index (χ4v) is 7.39. The lowest BCUT2D eigenvalue weighted by atomic mass is 9.46. The number of para-hydroxylation sites is 1. The second kappa shape index (κ2) is 4.65. The Balaban J connectivity index is 1.53. The highest BCUT2D eigenvalue weighted by atomic mass is 16.1. The summed E-state index contributed by atoms with van der Waals surface area (Å²) in [6.07, 6.45) is 5.74. The molecule has 2 nitrogen and oxygen atoms in total. The Labute approximate surface area is 145 Å². The molecule has 1 N–H and O–H groups in total. The summed E-state index contributed by atoms with van der Waals surface area (Å²) in [5, 5.41) is 3.83. The number of anilines is 1. The number of hydrogen-bond donors (Lipinski definition) is 1. The Kier molecular flexibility index (Phi) is 2.90. The highest BCUT2D eigenvalue weighted by Gasteiger charge is 2.62. The SMILES string of the molecule is CC1(C)C(=O)CC[C@]2(C)[C@@H]3C[C@@H]4Nc5ccccc5[C@@H]4[C@H]3CC[C@@H]12. The molecule has 2 heteroatoms. The van der Waals surface area contributed by atoms with E-state index in [4.69, 9.17) is 0 Å². The zero-order valence-corrected chi connectivity index (χ0v) is 15.1. The van der Waals surface area contributed by atoms with Crippen molar-refractivity contribution in [1.82, 2.24) is 0 Å². The van der Waals surface area contributed by atoms with Crippen LogP contribution in [-0.4, -0.2) is 11.8 Å². The van der Waals surface area contributed by atoms with Gasteiger partial charge in [0, 0.05) is 29.5 Å². The number of carbonyl (C=O) groups excluding carboxylic acids is 1. The van der Waals surface area contributed by atoms with Gasteiger partial charge in [-0.1, -0.05) is 39.0 Å². The van der Waals surface area contributed by atoms with E-state index in [0.29, 0.717) is 29.1 Å². The minimum Gasteiger partial charge on any atom is -0.381 e. The number of nitrogens with one attached hydrogen (secondary N) is 1. The van der Waals surface area contributed by atoms with Gasteiger partial charge in [0.15, 0.2) is 0 Å². The van der Waals surface area contributed by atoms with Gasteiger partial charge in [0.1, 0.15) is 5.78 Å². The standard InChI is InChI=1S/C22H29NO/c1-21(2)18-9-8-13-15(22(18,3)11-10-19(21)24)12-17-20(13)14-6-4-5-7-16(14)23-17/h4-7,13,15,17-18,20,23H,8-12H2,1-3H3/t13-,15+,17-,18-,20-,22+/m0/s1. The highest BCUT2D eigenvalue weighted by molar-refractivity contribution is 5.85. The van der Waals surface area contributed by atoms with Crippen molar-refractivity contribution in [3.8, 4) is 0 Å². The second-order valence-corrected chi connectivity index (χ2v) is 9.65. The molecule has 0 radical (unpaired) electrons. The molecule has 4 aliphatic rings. The van der Waals surface area contributed by atoms with Crippen molar-refractivity contribution >= 4 is 11.5 Å². The van der Waals surface area contributed by atoms with E-state index in [0.717, 1.165) is 24.7 Å². The number of benzene rings is 1. The molecule has 0 amide bonds. The molecule has 5 rings (SSSR count). The van der Waals surface area contributed by atoms with Crippen LogP contribution in [0.2, 0.25) is 0 Å². The number of fused-ring (bicyclic) bond motifs is 7. The van der Waals surface area contributed by atoms with Crippen LogP contribution in [0.25, 0.3) is 0 Å². The predicted octanol–water partition coefficient (Wildman–Crippen LogP) is 5.01. The molecule has 3 aliphatic carbocycles. The van der Waals surface area contributed by atoms with E-state index in [1.807, 2.05) is 0 Å². The zero-order chi connectivity index (χ0) is 16.7. The lowest BCUT2D eigenvalue weighted by molar-refractivity contribution is -0.150. The number of rotatable bonds is 0. The molecule has 1 heterocycles. The molecular weight excluding hydrogens is 294 g/mol. The van der Waals surface area contributed by atoms with Crippen molar-refractivity contribution in [2.24, 2.45) is 28.6 Å². The molecule has 128 valence electrons. The summed E-state index contributed by atoms with van der Waals surface area (Å²) in [5.74, 6) is 3.35. The third-order valence-corrected chi connectivity index (χ3v) is 8.49. The van der Waals surface area contributed by atoms with E-state index >= 15 is 0 Å². The van der Waals surface area contributed by atoms with Gasteiger partial charge < -0.3 is 5.32 Å². The molecule has 3 fully saturated rings. The van der Waals surface area contributed by atoms with Crippen LogP contribution >= 0.6 is 0 Å². The summed E-state index contributed by atoms with van der Waals surface area (Å²) in [4.78, 5) is 12.6. The second-order valence-electron chi connectivity index (χ2n) is 9.65. The topological polar surface area (TPSA) is 29.1 Å². The van der Waals surface area contributed by atoms with Crippen LogP contribution in [0.15, 0.2) is 24.3 Å². The summed E-state index contributed by atoms with van der Waals surface area (Å²) >= 11 is 0. The van der Waals surface area contributed by atoms with Crippen molar-refractivity contribution in [3.05, 3.63) is 29.8 Å². The lowest BCUT2D eigenvalue weighted by Crippen LogP contribution is -2.54. The summed E-state index contributed by atoms with van der Waals surface area (Å²) in [6, 6.07) is 9.56. The van der Waals surface area contributed by atoms with Crippen LogP contribution in [0.1, 0.15) is 64.4 Å². The third-order valence-electron chi connectivity index (χ3n) is 8.49. The molecular formula is C22H29NO. The van der Waals surface area contributed by atoms with E-state index in [1.54, 1.807) is 5.56 Å². The maximum Gasteiger partial charge on any atom is 0.138 e. The Morgan fingerprint density at radius 3 is 2.75 bits per heavy atom. The van der Waals surface area contributed by atoms with Crippen molar-refractivity contribution in [2.75, 3.05) is 5.32 Å². The van der Waals surface area contributed by atoms with Crippen LogP contribution in [0, 0.1) is 28.6 Å². The molecule has 0 aromatic heterocycles. The molecule has 3 saturated carbocycles.